The predicted octanol–water partition coefficient (Wildman–Crippen LogP) is 3.11. The molecule has 118 valence electrons. The number of carbonyl (C=O) groups excluding carboxylic acids is 1. The minimum Gasteiger partial charge on any atom is -0.496 e. The number of methoxy groups -OCH3 is 1. The fraction of sp³-hybridized carbons (Fsp3) is 0.353. The van der Waals surface area contributed by atoms with Gasteiger partial charge in [0.2, 0.25) is 5.91 Å². The van der Waals surface area contributed by atoms with E-state index in [1.807, 2.05) is 55.6 Å². The molecule has 1 heterocycles. The smallest absolute Gasteiger partial charge is 0.237 e. The zero-order valence-corrected chi connectivity index (χ0v) is 13.9. The van der Waals surface area contributed by atoms with E-state index in [0.29, 0.717) is 6.54 Å². The van der Waals surface area contributed by atoms with E-state index in [9.17, 15) is 4.79 Å². The van der Waals surface area contributed by atoms with E-state index in [1.165, 1.54) is 0 Å². The second-order valence-corrected chi connectivity index (χ2v) is 6.18. The molecular formula is C17H22N2O2S. The summed E-state index contributed by atoms with van der Waals surface area (Å²) < 4.78 is 5.37. The number of rotatable bonds is 7. The minimum atomic E-state index is -0.278. The summed E-state index contributed by atoms with van der Waals surface area (Å²) in [5.41, 5.74) is 1.04. The first-order valence-electron chi connectivity index (χ1n) is 7.31. The maximum Gasteiger partial charge on any atom is 0.237 e. The summed E-state index contributed by atoms with van der Waals surface area (Å²) in [7, 11) is 1.66. The highest BCUT2D eigenvalue weighted by Gasteiger charge is 2.18. The van der Waals surface area contributed by atoms with Crippen molar-refractivity contribution >= 4 is 17.2 Å². The summed E-state index contributed by atoms with van der Waals surface area (Å²) in [6, 6.07) is 11.6. The van der Waals surface area contributed by atoms with Gasteiger partial charge in [0.05, 0.1) is 19.7 Å². The first-order chi connectivity index (χ1) is 10.6. The van der Waals surface area contributed by atoms with Crippen molar-refractivity contribution in [2.45, 2.75) is 32.5 Å². The maximum absolute atomic E-state index is 12.2. The highest BCUT2D eigenvalue weighted by Crippen LogP contribution is 2.24. The van der Waals surface area contributed by atoms with Gasteiger partial charge >= 0.3 is 0 Å². The van der Waals surface area contributed by atoms with Crippen molar-refractivity contribution in [3.63, 3.8) is 0 Å². The Balaban J connectivity index is 1.90. The first kappa shape index (κ1) is 16.5. The average Bonchev–Trinajstić information content (AvgIpc) is 3.05. The number of amides is 1. The van der Waals surface area contributed by atoms with Crippen LogP contribution in [0.4, 0.5) is 0 Å². The Bertz CT molecular complexity index is 598. The highest BCUT2D eigenvalue weighted by molar-refractivity contribution is 7.09. The van der Waals surface area contributed by atoms with E-state index in [-0.39, 0.29) is 18.0 Å². The second kappa shape index (κ2) is 7.96. The summed E-state index contributed by atoms with van der Waals surface area (Å²) in [4.78, 5) is 13.3. The second-order valence-electron chi connectivity index (χ2n) is 5.15. The van der Waals surface area contributed by atoms with Gasteiger partial charge in [0.15, 0.2) is 0 Å². The van der Waals surface area contributed by atoms with Gasteiger partial charge in [-0.2, -0.15) is 0 Å². The molecule has 2 rings (SSSR count). The summed E-state index contributed by atoms with van der Waals surface area (Å²) in [6.07, 6.45) is 0. The number of hydrogen-bond acceptors (Lipinski definition) is 4. The topological polar surface area (TPSA) is 50.4 Å². The summed E-state index contributed by atoms with van der Waals surface area (Å²) in [5, 5.41) is 8.27. The quantitative estimate of drug-likeness (QED) is 0.825. The molecule has 0 fully saturated rings. The third-order valence-electron chi connectivity index (χ3n) is 3.52. The molecule has 2 N–H and O–H groups in total. The average molecular weight is 318 g/mol. The SMILES string of the molecule is COc1ccccc1[C@H](C)N[C@@H](C)C(=O)NCc1cccs1. The van der Waals surface area contributed by atoms with Gasteiger partial charge < -0.3 is 10.1 Å². The van der Waals surface area contributed by atoms with Crippen molar-refractivity contribution in [2.75, 3.05) is 7.11 Å². The van der Waals surface area contributed by atoms with Crippen LogP contribution in [0.2, 0.25) is 0 Å². The van der Waals surface area contributed by atoms with Crippen LogP contribution >= 0.6 is 11.3 Å². The zero-order valence-electron chi connectivity index (χ0n) is 13.1. The Morgan fingerprint density at radius 1 is 1.23 bits per heavy atom. The Hall–Kier alpha value is -1.85. The van der Waals surface area contributed by atoms with Gasteiger partial charge in [-0.05, 0) is 31.4 Å². The monoisotopic (exact) mass is 318 g/mol. The van der Waals surface area contributed by atoms with E-state index >= 15 is 0 Å². The lowest BCUT2D eigenvalue weighted by Crippen LogP contribution is -2.42. The fourth-order valence-corrected chi connectivity index (χ4v) is 2.95. The first-order valence-corrected chi connectivity index (χ1v) is 8.19. The zero-order chi connectivity index (χ0) is 15.9. The number of carbonyl (C=O) groups is 1. The van der Waals surface area contributed by atoms with E-state index < -0.39 is 0 Å². The third kappa shape index (κ3) is 4.32. The van der Waals surface area contributed by atoms with Gasteiger partial charge in [0.1, 0.15) is 5.75 Å². The molecule has 2 atom stereocenters. The van der Waals surface area contributed by atoms with Crippen molar-refractivity contribution in [3.8, 4) is 5.75 Å². The predicted molar refractivity (Wildman–Crippen MR) is 90.2 cm³/mol. The molecule has 1 aromatic heterocycles. The van der Waals surface area contributed by atoms with E-state index in [0.717, 1.165) is 16.2 Å². The lowest BCUT2D eigenvalue weighted by Gasteiger charge is -2.21. The number of thiophene rings is 1. The van der Waals surface area contributed by atoms with Crippen LogP contribution in [0.25, 0.3) is 0 Å². The van der Waals surface area contributed by atoms with Gasteiger partial charge in [-0.15, -0.1) is 11.3 Å². The van der Waals surface area contributed by atoms with Gasteiger partial charge in [-0.25, -0.2) is 0 Å². The van der Waals surface area contributed by atoms with E-state index in [1.54, 1.807) is 18.4 Å². The molecule has 0 saturated heterocycles. The number of nitrogens with one attached hydrogen (secondary N) is 2. The van der Waals surface area contributed by atoms with E-state index in [4.69, 9.17) is 4.74 Å². The van der Waals surface area contributed by atoms with Gasteiger partial charge in [0, 0.05) is 16.5 Å². The number of benzene rings is 1. The van der Waals surface area contributed by atoms with Crippen molar-refractivity contribution in [3.05, 3.63) is 52.2 Å². The van der Waals surface area contributed by atoms with Crippen molar-refractivity contribution in [2.24, 2.45) is 0 Å². The van der Waals surface area contributed by atoms with Crippen LogP contribution in [0.15, 0.2) is 41.8 Å². The molecule has 0 saturated carbocycles. The van der Waals surface area contributed by atoms with Crippen LogP contribution in [-0.4, -0.2) is 19.1 Å². The summed E-state index contributed by atoms with van der Waals surface area (Å²) in [5.74, 6) is 0.823. The summed E-state index contributed by atoms with van der Waals surface area (Å²) in [6.45, 7) is 4.47. The molecule has 0 bridgehead atoms. The molecule has 5 heteroatoms. The number of para-hydroxylation sites is 1. The molecule has 0 aliphatic heterocycles. The summed E-state index contributed by atoms with van der Waals surface area (Å²) >= 11 is 1.64. The van der Waals surface area contributed by atoms with Crippen LogP contribution in [0.3, 0.4) is 0 Å². The van der Waals surface area contributed by atoms with Gasteiger partial charge in [0.25, 0.3) is 0 Å². The Morgan fingerprint density at radius 2 is 2.00 bits per heavy atom. The van der Waals surface area contributed by atoms with Crippen LogP contribution in [0.5, 0.6) is 5.75 Å². The largest absolute Gasteiger partial charge is 0.496 e. The van der Waals surface area contributed by atoms with Crippen molar-refractivity contribution < 1.29 is 9.53 Å². The Morgan fingerprint density at radius 3 is 2.68 bits per heavy atom. The van der Waals surface area contributed by atoms with E-state index in [2.05, 4.69) is 10.6 Å². The lowest BCUT2D eigenvalue weighted by molar-refractivity contribution is -0.123. The fourth-order valence-electron chi connectivity index (χ4n) is 2.31. The minimum absolute atomic E-state index is 0.00449. The highest BCUT2D eigenvalue weighted by atomic mass is 32.1. The molecule has 2 aromatic rings. The van der Waals surface area contributed by atoms with Crippen LogP contribution < -0.4 is 15.4 Å². The molecule has 22 heavy (non-hydrogen) atoms. The van der Waals surface area contributed by atoms with Crippen molar-refractivity contribution in [1.82, 2.24) is 10.6 Å². The molecule has 1 amide bonds. The Labute approximate surface area is 135 Å². The normalized spacial score (nSPS) is 13.4. The lowest BCUT2D eigenvalue weighted by atomic mass is 10.1. The molecule has 0 unspecified atom stereocenters. The molecule has 0 spiro atoms. The molecule has 4 nitrogen and oxygen atoms in total. The molecule has 0 aliphatic rings. The number of ether oxygens (including phenoxy) is 1. The van der Waals surface area contributed by atoms with Crippen molar-refractivity contribution in [1.29, 1.82) is 0 Å². The molecule has 1 aromatic carbocycles. The van der Waals surface area contributed by atoms with Crippen LogP contribution in [0, 0.1) is 0 Å². The van der Waals surface area contributed by atoms with Gasteiger partial charge in [-0.3, -0.25) is 10.1 Å². The standard InChI is InChI=1S/C17H22N2O2S/c1-12(15-8-4-5-9-16(15)21-3)19-13(2)17(20)18-11-14-7-6-10-22-14/h4-10,12-13,19H,11H2,1-3H3,(H,18,20)/t12-,13-/m0/s1. The third-order valence-corrected chi connectivity index (χ3v) is 4.39. The van der Waals surface area contributed by atoms with Crippen LogP contribution in [-0.2, 0) is 11.3 Å². The number of hydrogen-bond donors (Lipinski definition) is 2. The van der Waals surface area contributed by atoms with Gasteiger partial charge in [-0.1, -0.05) is 24.3 Å². The maximum atomic E-state index is 12.2. The molecule has 0 radical (unpaired) electrons. The molecular weight excluding hydrogens is 296 g/mol. The van der Waals surface area contributed by atoms with Crippen LogP contribution in [0.1, 0.15) is 30.3 Å². The Kier molecular flexibility index (Phi) is 5.98. The molecule has 0 aliphatic carbocycles.